The number of aromatic nitrogens is 1. The first kappa shape index (κ1) is 15.5. The highest BCUT2D eigenvalue weighted by Crippen LogP contribution is 2.37. The van der Waals surface area contributed by atoms with E-state index in [4.69, 9.17) is 9.47 Å². The molecule has 0 aliphatic rings. The molecular formula is C17H15N3O4. The van der Waals surface area contributed by atoms with Gasteiger partial charge in [-0.2, -0.15) is 0 Å². The average Bonchev–Trinajstić information content (AvgIpc) is 2.94. The first-order chi connectivity index (χ1) is 11.6. The topological polar surface area (TPSA) is 96.3 Å². The number of hydrogen-bond acceptors (Lipinski definition) is 5. The Labute approximate surface area is 137 Å². The van der Waals surface area contributed by atoms with E-state index < -0.39 is 5.91 Å². The number of hydrogen-bond donors (Lipinski definition) is 2. The van der Waals surface area contributed by atoms with Gasteiger partial charge in [-0.15, -0.1) is 10.2 Å². The standard InChI is InChI=1S/C17H15N3O4/c1-23-11-5-3-10(4-6-11)16(21)20-19-15-13-9-12(24-2)7-8-14(13)18-17(15)22/h3-9,18,22H,1-2H3. The summed E-state index contributed by atoms with van der Waals surface area (Å²) in [7, 11) is 3.09. The number of nitrogens with one attached hydrogen (secondary N) is 1. The van der Waals surface area contributed by atoms with Crippen LogP contribution in [0.1, 0.15) is 10.4 Å². The van der Waals surface area contributed by atoms with E-state index in [0.29, 0.717) is 28.0 Å². The van der Waals surface area contributed by atoms with Gasteiger partial charge in [0.2, 0.25) is 5.88 Å². The number of H-pyrrole nitrogens is 1. The second-order valence-corrected chi connectivity index (χ2v) is 4.97. The number of amides is 1. The van der Waals surface area contributed by atoms with E-state index >= 15 is 0 Å². The van der Waals surface area contributed by atoms with Crippen molar-refractivity contribution in [2.24, 2.45) is 10.2 Å². The second kappa shape index (κ2) is 6.41. The molecule has 0 aliphatic heterocycles. The summed E-state index contributed by atoms with van der Waals surface area (Å²) in [6.45, 7) is 0. The normalized spacial score (nSPS) is 11.1. The molecule has 0 bridgehead atoms. The molecule has 0 saturated heterocycles. The van der Waals surface area contributed by atoms with Crippen LogP contribution in [0.4, 0.5) is 5.69 Å². The second-order valence-electron chi connectivity index (χ2n) is 4.97. The van der Waals surface area contributed by atoms with Crippen molar-refractivity contribution in [1.29, 1.82) is 0 Å². The number of carbonyl (C=O) groups excluding carboxylic acids is 1. The number of rotatable bonds is 4. The lowest BCUT2D eigenvalue weighted by Gasteiger charge is -2.00. The summed E-state index contributed by atoms with van der Waals surface area (Å²) in [5, 5.41) is 18.2. The summed E-state index contributed by atoms with van der Waals surface area (Å²) in [5.74, 6) is 0.572. The van der Waals surface area contributed by atoms with Crippen molar-refractivity contribution in [3.8, 4) is 17.4 Å². The van der Waals surface area contributed by atoms with Gasteiger partial charge in [-0.1, -0.05) is 0 Å². The van der Waals surface area contributed by atoms with Gasteiger partial charge in [0.1, 0.15) is 11.5 Å². The molecule has 7 nitrogen and oxygen atoms in total. The summed E-state index contributed by atoms with van der Waals surface area (Å²) in [6.07, 6.45) is 0. The zero-order chi connectivity index (χ0) is 17.1. The fourth-order valence-corrected chi connectivity index (χ4v) is 2.26. The Morgan fingerprint density at radius 1 is 1.04 bits per heavy atom. The number of ether oxygens (including phenoxy) is 2. The van der Waals surface area contributed by atoms with Crippen LogP contribution in [-0.2, 0) is 0 Å². The summed E-state index contributed by atoms with van der Waals surface area (Å²) in [5.41, 5.74) is 1.22. The van der Waals surface area contributed by atoms with Crippen molar-refractivity contribution in [2.75, 3.05) is 14.2 Å². The van der Waals surface area contributed by atoms with Crippen LogP contribution in [0.2, 0.25) is 0 Å². The lowest BCUT2D eigenvalue weighted by molar-refractivity contribution is 0.0995. The number of azo groups is 1. The molecule has 24 heavy (non-hydrogen) atoms. The zero-order valence-electron chi connectivity index (χ0n) is 13.1. The fourth-order valence-electron chi connectivity index (χ4n) is 2.26. The largest absolute Gasteiger partial charge is 0.497 e. The molecule has 0 fully saturated rings. The molecule has 0 aliphatic carbocycles. The molecule has 1 aromatic heterocycles. The summed E-state index contributed by atoms with van der Waals surface area (Å²) >= 11 is 0. The van der Waals surface area contributed by atoms with Gasteiger partial charge in [0.05, 0.1) is 19.7 Å². The number of fused-ring (bicyclic) bond motifs is 1. The summed E-state index contributed by atoms with van der Waals surface area (Å²) < 4.78 is 10.2. The third-order valence-corrected chi connectivity index (χ3v) is 3.54. The molecular weight excluding hydrogens is 310 g/mol. The van der Waals surface area contributed by atoms with Crippen LogP contribution in [0, 0.1) is 0 Å². The predicted molar refractivity (Wildman–Crippen MR) is 88.4 cm³/mol. The molecule has 0 saturated carbocycles. The molecule has 0 spiro atoms. The number of methoxy groups -OCH3 is 2. The van der Waals surface area contributed by atoms with Gasteiger partial charge in [-0.25, -0.2) is 0 Å². The number of aromatic hydroxyl groups is 1. The highest BCUT2D eigenvalue weighted by molar-refractivity contribution is 5.97. The summed E-state index contributed by atoms with van der Waals surface area (Å²) in [4.78, 5) is 14.9. The van der Waals surface area contributed by atoms with Gasteiger partial charge in [0.25, 0.3) is 5.91 Å². The molecule has 2 aromatic carbocycles. The maximum atomic E-state index is 12.1. The van der Waals surface area contributed by atoms with Crippen molar-refractivity contribution in [2.45, 2.75) is 0 Å². The van der Waals surface area contributed by atoms with Crippen LogP contribution in [0.3, 0.4) is 0 Å². The van der Waals surface area contributed by atoms with Gasteiger partial charge in [-0.3, -0.25) is 4.79 Å². The van der Waals surface area contributed by atoms with E-state index in [9.17, 15) is 9.90 Å². The molecule has 122 valence electrons. The number of nitrogens with zero attached hydrogens (tertiary/aromatic N) is 2. The van der Waals surface area contributed by atoms with Crippen molar-refractivity contribution < 1.29 is 19.4 Å². The minimum atomic E-state index is -0.519. The van der Waals surface area contributed by atoms with E-state index in [0.717, 1.165) is 0 Å². The highest BCUT2D eigenvalue weighted by Gasteiger charge is 2.12. The number of aromatic amines is 1. The van der Waals surface area contributed by atoms with Crippen molar-refractivity contribution in [3.63, 3.8) is 0 Å². The van der Waals surface area contributed by atoms with Crippen LogP contribution < -0.4 is 9.47 Å². The van der Waals surface area contributed by atoms with Gasteiger partial charge in [-0.05, 0) is 42.5 Å². The smallest absolute Gasteiger partial charge is 0.295 e. The lowest BCUT2D eigenvalue weighted by atomic mass is 10.2. The Bertz CT molecular complexity index is 913. The predicted octanol–water partition coefficient (Wildman–Crippen LogP) is 3.81. The van der Waals surface area contributed by atoms with E-state index in [-0.39, 0.29) is 11.6 Å². The minimum absolute atomic E-state index is 0.162. The minimum Gasteiger partial charge on any atom is -0.497 e. The molecule has 0 unspecified atom stereocenters. The summed E-state index contributed by atoms with van der Waals surface area (Å²) in [6, 6.07) is 11.7. The maximum absolute atomic E-state index is 12.1. The molecule has 3 rings (SSSR count). The molecule has 2 N–H and O–H groups in total. The van der Waals surface area contributed by atoms with Crippen molar-refractivity contribution in [1.82, 2.24) is 4.98 Å². The zero-order valence-corrected chi connectivity index (χ0v) is 13.1. The quantitative estimate of drug-likeness (QED) is 0.713. The molecule has 1 heterocycles. The lowest BCUT2D eigenvalue weighted by Crippen LogP contribution is -1.93. The SMILES string of the molecule is COc1ccc(C(=O)N=Nc2c(O)[nH]c3ccc(OC)cc23)cc1. The molecule has 7 heteroatoms. The molecule has 0 radical (unpaired) electrons. The van der Waals surface area contributed by atoms with Gasteiger partial charge >= 0.3 is 0 Å². The van der Waals surface area contributed by atoms with Crippen LogP contribution >= 0.6 is 0 Å². The molecule has 3 aromatic rings. The number of benzene rings is 2. The molecule has 1 amide bonds. The Morgan fingerprint density at radius 3 is 2.38 bits per heavy atom. The first-order valence-electron chi connectivity index (χ1n) is 7.11. The Balaban J connectivity index is 1.91. The monoisotopic (exact) mass is 325 g/mol. The molecule has 0 atom stereocenters. The van der Waals surface area contributed by atoms with Crippen LogP contribution in [-0.4, -0.2) is 30.2 Å². The average molecular weight is 325 g/mol. The maximum Gasteiger partial charge on any atom is 0.295 e. The third-order valence-electron chi connectivity index (χ3n) is 3.54. The van der Waals surface area contributed by atoms with Crippen LogP contribution in [0.15, 0.2) is 52.7 Å². The van der Waals surface area contributed by atoms with Crippen LogP contribution in [0.5, 0.6) is 17.4 Å². The highest BCUT2D eigenvalue weighted by atomic mass is 16.5. The van der Waals surface area contributed by atoms with E-state index in [2.05, 4.69) is 15.2 Å². The fraction of sp³-hybridized carbons (Fsp3) is 0.118. The third kappa shape index (κ3) is 2.91. The van der Waals surface area contributed by atoms with Gasteiger partial charge in [0.15, 0.2) is 5.69 Å². The van der Waals surface area contributed by atoms with E-state index in [1.165, 1.54) is 0 Å². The van der Waals surface area contributed by atoms with Crippen molar-refractivity contribution >= 4 is 22.5 Å². The Morgan fingerprint density at radius 2 is 1.71 bits per heavy atom. The van der Waals surface area contributed by atoms with Crippen molar-refractivity contribution in [3.05, 3.63) is 48.0 Å². The van der Waals surface area contributed by atoms with E-state index in [1.54, 1.807) is 56.7 Å². The van der Waals surface area contributed by atoms with Crippen LogP contribution in [0.25, 0.3) is 10.9 Å². The first-order valence-corrected chi connectivity index (χ1v) is 7.11. The van der Waals surface area contributed by atoms with Gasteiger partial charge < -0.3 is 19.6 Å². The Kier molecular flexibility index (Phi) is 4.15. The number of carbonyl (C=O) groups is 1. The van der Waals surface area contributed by atoms with Gasteiger partial charge in [0, 0.05) is 10.9 Å². The van der Waals surface area contributed by atoms with E-state index in [1.807, 2.05) is 0 Å². The Hall–Kier alpha value is -3.35.